The standard InChI is InChI=1S/C13H22N5O2.HI/c1-9(18(4,5)6)7-17-8-14-11-10(17)12(19)16(3)13(20)15(11)2;/h8-9H,7H2,1-6H3;1H/q+1;/p-1. The minimum Gasteiger partial charge on any atom is -1.00 e. The molecule has 2 rings (SSSR count). The summed E-state index contributed by atoms with van der Waals surface area (Å²) in [5.74, 6) is 0. The Morgan fingerprint density at radius 2 is 1.76 bits per heavy atom. The molecule has 0 fully saturated rings. The highest BCUT2D eigenvalue weighted by molar-refractivity contribution is 5.69. The van der Waals surface area contributed by atoms with Crippen molar-refractivity contribution >= 4 is 11.2 Å². The molecule has 0 bridgehead atoms. The summed E-state index contributed by atoms with van der Waals surface area (Å²) in [7, 11) is 9.45. The first-order valence-corrected chi connectivity index (χ1v) is 6.56. The Balaban J connectivity index is 0.00000220. The van der Waals surface area contributed by atoms with Crippen LogP contribution in [0.3, 0.4) is 0 Å². The van der Waals surface area contributed by atoms with Gasteiger partial charge in [0.2, 0.25) is 0 Å². The second-order valence-electron chi connectivity index (χ2n) is 6.24. The lowest BCUT2D eigenvalue weighted by molar-refractivity contribution is -0.894. The first-order chi connectivity index (χ1) is 9.14. The van der Waals surface area contributed by atoms with E-state index >= 15 is 0 Å². The van der Waals surface area contributed by atoms with E-state index in [-0.39, 0.29) is 35.2 Å². The average molecular weight is 407 g/mol. The highest BCUT2D eigenvalue weighted by Crippen LogP contribution is 2.10. The van der Waals surface area contributed by atoms with Gasteiger partial charge >= 0.3 is 5.69 Å². The molecule has 1 unspecified atom stereocenters. The topological polar surface area (TPSA) is 61.8 Å². The zero-order valence-electron chi connectivity index (χ0n) is 13.3. The molecule has 2 heterocycles. The van der Waals surface area contributed by atoms with E-state index in [0.29, 0.717) is 23.8 Å². The smallest absolute Gasteiger partial charge is 0.332 e. The Bertz CT molecular complexity index is 766. The van der Waals surface area contributed by atoms with Gasteiger partial charge < -0.3 is 33.0 Å². The predicted molar refractivity (Wildman–Crippen MR) is 77.7 cm³/mol. The number of nitrogens with zero attached hydrogens (tertiary/aromatic N) is 5. The fraction of sp³-hybridized carbons (Fsp3) is 0.615. The zero-order valence-corrected chi connectivity index (χ0v) is 15.4. The number of rotatable bonds is 3. The van der Waals surface area contributed by atoms with Gasteiger partial charge in [-0.3, -0.25) is 13.9 Å². The second-order valence-corrected chi connectivity index (χ2v) is 6.24. The molecule has 7 nitrogen and oxygen atoms in total. The lowest BCUT2D eigenvalue weighted by Crippen LogP contribution is -3.00. The Kier molecular flexibility index (Phi) is 5.04. The van der Waals surface area contributed by atoms with Crippen LogP contribution < -0.4 is 35.2 Å². The number of hydrogen-bond acceptors (Lipinski definition) is 3. The van der Waals surface area contributed by atoms with Crippen LogP contribution in [0.4, 0.5) is 0 Å². The Labute approximate surface area is 140 Å². The van der Waals surface area contributed by atoms with E-state index in [1.165, 1.54) is 11.6 Å². The van der Waals surface area contributed by atoms with E-state index in [1.54, 1.807) is 13.4 Å². The molecule has 0 radical (unpaired) electrons. The predicted octanol–water partition coefficient (Wildman–Crippen LogP) is -3.47. The minimum atomic E-state index is -0.354. The number of imidazole rings is 1. The molecule has 2 aromatic heterocycles. The van der Waals surface area contributed by atoms with Crippen molar-refractivity contribution in [2.45, 2.75) is 19.5 Å². The van der Waals surface area contributed by atoms with Crippen molar-refractivity contribution in [2.24, 2.45) is 14.1 Å². The van der Waals surface area contributed by atoms with Crippen LogP contribution in [0.2, 0.25) is 0 Å². The van der Waals surface area contributed by atoms with E-state index in [2.05, 4.69) is 33.1 Å². The molecular weight excluding hydrogens is 385 g/mol. The summed E-state index contributed by atoms with van der Waals surface area (Å²) in [6, 6.07) is 0.314. The van der Waals surface area contributed by atoms with E-state index in [0.717, 1.165) is 9.05 Å². The molecule has 2 aromatic rings. The number of halogens is 1. The van der Waals surface area contributed by atoms with Crippen molar-refractivity contribution in [3.05, 3.63) is 27.2 Å². The summed E-state index contributed by atoms with van der Waals surface area (Å²) in [4.78, 5) is 28.4. The van der Waals surface area contributed by atoms with Crippen molar-refractivity contribution in [2.75, 3.05) is 21.1 Å². The first-order valence-electron chi connectivity index (χ1n) is 6.56. The van der Waals surface area contributed by atoms with Crippen molar-refractivity contribution in [3.8, 4) is 0 Å². The van der Waals surface area contributed by atoms with Crippen molar-refractivity contribution in [1.82, 2.24) is 18.7 Å². The normalized spacial score (nSPS) is 13.2. The molecule has 0 saturated carbocycles. The van der Waals surface area contributed by atoms with Crippen LogP contribution >= 0.6 is 0 Å². The number of likely N-dealkylation sites (N-methyl/N-ethyl adjacent to an activating group) is 1. The van der Waals surface area contributed by atoms with Crippen LogP contribution in [0, 0.1) is 0 Å². The maximum Gasteiger partial charge on any atom is 0.332 e. The molecular formula is C13H22IN5O2. The lowest BCUT2D eigenvalue weighted by Gasteiger charge is -2.31. The fourth-order valence-corrected chi connectivity index (χ4v) is 2.07. The molecule has 0 saturated heterocycles. The Morgan fingerprint density at radius 3 is 2.29 bits per heavy atom. The third-order valence-electron chi connectivity index (χ3n) is 4.00. The molecule has 0 spiro atoms. The van der Waals surface area contributed by atoms with Crippen molar-refractivity contribution in [1.29, 1.82) is 0 Å². The second kappa shape index (κ2) is 5.91. The molecule has 0 aliphatic heterocycles. The Hall–Kier alpha value is -1.16. The molecule has 8 heteroatoms. The van der Waals surface area contributed by atoms with E-state index in [4.69, 9.17) is 0 Å². The van der Waals surface area contributed by atoms with Crippen LogP contribution in [0.25, 0.3) is 11.2 Å². The molecule has 0 N–H and O–H groups in total. The van der Waals surface area contributed by atoms with Crippen LogP contribution in [-0.2, 0) is 20.6 Å². The highest BCUT2D eigenvalue weighted by Gasteiger charge is 2.21. The molecule has 0 amide bonds. The quantitative estimate of drug-likeness (QED) is 0.393. The third kappa shape index (κ3) is 3.05. The van der Waals surface area contributed by atoms with Gasteiger partial charge in [-0.2, -0.15) is 0 Å². The van der Waals surface area contributed by atoms with Crippen LogP contribution in [0.1, 0.15) is 6.92 Å². The minimum absolute atomic E-state index is 0. The molecule has 0 aliphatic carbocycles. The molecule has 0 aliphatic rings. The molecule has 118 valence electrons. The molecule has 21 heavy (non-hydrogen) atoms. The van der Waals surface area contributed by atoms with Crippen molar-refractivity contribution in [3.63, 3.8) is 0 Å². The largest absolute Gasteiger partial charge is 1.00 e. The first kappa shape index (κ1) is 17.9. The number of quaternary nitrogens is 1. The van der Waals surface area contributed by atoms with Gasteiger partial charge in [-0.1, -0.05) is 0 Å². The van der Waals surface area contributed by atoms with Gasteiger partial charge in [0.15, 0.2) is 11.2 Å². The molecule has 0 aromatic carbocycles. The molecule has 1 atom stereocenters. The summed E-state index contributed by atoms with van der Waals surface area (Å²) in [5.41, 5.74) is 0.267. The number of fused-ring (bicyclic) bond motifs is 1. The zero-order chi connectivity index (χ0) is 15.2. The highest BCUT2D eigenvalue weighted by atomic mass is 127. The summed E-state index contributed by atoms with van der Waals surface area (Å²) in [5, 5.41) is 0. The van der Waals surface area contributed by atoms with E-state index in [9.17, 15) is 9.59 Å². The van der Waals surface area contributed by atoms with Crippen LogP contribution in [0.15, 0.2) is 15.9 Å². The summed E-state index contributed by atoms with van der Waals surface area (Å²) in [6.07, 6.45) is 1.64. The summed E-state index contributed by atoms with van der Waals surface area (Å²) >= 11 is 0. The fourth-order valence-electron chi connectivity index (χ4n) is 2.07. The van der Waals surface area contributed by atoms with Gasteiger partial charge in [0.05, 0.1) is 34.0 Å². The van der Waals surface area contributed by atoms with Gasteiger partial charge in [0.25, 0.3) is 5.56 Å². The monoisotopic (exact) mass is 407 g/mol. The van der Waals surface area contributed by atoms with Gasteiger partial charge in [0, 0.05) is 14.1 Å². The van der Waals surface area contributed by atoms with Crippen molar-refractivity contribution < 1.29 is 28.5 Å². The maximum atomic E-state index is 12.3. The van der Waals surface area contributed by atoms with Gasteiger partial charge in [-0.05, 0) is 6.92 Å². The summed E-state index contributed by atoms with van der Waals surface area (Å²) in [6.45, 7) is 2.80. The SMILES string of the molecule is CC(Cn1cnc2c1c(=O)n(C)c(=O)n2C)[N+](C)(C)C.[I-]. The Morgan fingerprint density at radius 1 is 1.19 bits per heavy atom. The lowest BCUT2D eigenvalue weighted by atomic mass is 10.2. The van der Waals surface area contributed by atoms with E-state index < -0.39 is 0 Å². The van der Waals surface area contributed by atoms with Gasteiger partial charge in [-0.15, -0.1) is 0 Å². The van der Waals surface area contributed by atoms with Crippen LogP contribution in [-0.4, -0.2) is 50.4 Å². The number of hydrogen-bond donors (Lipinski definition) is 0. The van der Waals surface area contributed by atoms with E-state index in [1.807, 2.05) is 4.57 Å². The third-order valence-corrected chi connectivity index (χ3v) is 4.00. The number of aromatic nitrogens is 4. The number of aryl methyl sites for hydroxylation is 1. The maximum absolute atomic E-state index is 12.3. The average Bonchev–Trinajstić information content (AvgIpc) is 2.76. The van der Waals surface area contributed by atoms with Gasteiger partial charge in [0.1, 0.15) is 6.04 Å². The van der Waals surface area contributed by atoms with Crippen LogP contribution in [0.5, 0.6) is 0 Å². The summed E-state index contributed by atoms with van der Waals surface area (Å²) < 4.78 is 5.15. The van der Waals surface area contributed by atoms with Gasteiger partial charge in [-0.25, -0.2) is 9.78 Å².